The molecule has 3 rings (SSSR count). The fourth-order valence-electron chi connectivity index (χ4n) is 3.00. The number of benzene rings is 2. The zero-order valence-corrected chi connectivity index (χ0v) is 14.3. The molecule has 0 aliphatic carbocycles. The largest absolute Gasteiger partial charge is 0.465 e. The Morgan fingerprint density at radius 2 is 1.64 bits per heavy atom. The molecule has 130 valence electrons. The molecule has 1 aliphatic rings. The first-order chi connectivity index (χ1) is 12.2. The molecule has 0 spiro atoms. The number of nitrogens with one attached hydrogen (secondary N) is 1. The molecule has 1 N–H and O–H groups in total. The summed E-state index contributed by atoms with van der Waals surface area (Å²) in [5, 5.41) is 2.84. The molecule has 0 atom stereocenters. The Morgan fingerprint density at radius 3 is 2.24 bits per heavy atom. The maximum Gasteiger partial charge on any atom is 0.337 e. The highest BCUT2D eigenvalue weighted by Crippen LogP contribution is 2.20. The number of nitrogens with zero attached hydrogens (tertiary/aromatic N) is 1. The van der Waals surface area contributed by atoms with Crippen LogP contribution in [0.25, 0.3) is 0 Å². The molecule has 0 saturated carbocycles. The second kappa shape index (κ2) is 7.83. The standard InChI is InChI=1S/C20H22N2O3/c1-25-20(24)16-6-8-17(9-7-16)21-19(23)14-15-4-10-18(11-5-15)22-12-2-3-13-22/h4-11H,2-3,12-14H2,1H3,(H,21,23). The van der Waals surface area contributed by atoms with Gasteiger partial charge < -0.3 is 15.0 Å². The number of anilines is 2. The quantitative estimate of drug-likeness (QED) is 0.850. The van der Waals surface area contributed by atoms with E-state index in [9.17, 15) is 9.59 Å². The van der Waals surface area contributed by atoms with Gasteiger partial charge in [0, 0.05) is 24.5 Å². The highest BCUT2D eigenvalue weighted by Gasteiger charge is 2.12. The second-order valence-corrected chi connectivity index (χ2v) is 6.15. The Bertz CT molecular complexity index is 733. The summed E-state index contributed by atoms with van der Waals surface area (Å²) in [5.74, 6) is -0.476. The molecule has 2 aromatic rings. The molecule has 2 aromatic carbocycles. The minimum atomic E-state index is -0.393. The lowest BCUT2D eigenvalue weighted by Gasteiger charge is -2.17. The molecule has 1 saturated heterocycles. The van der Waals surface area contributed by atoms with Crippen LogP contribution in [0.1, 0.15) is 28.8 Å². The predicted octanol–water partition coefficient (Wildman–Crippen LogP) is 3.25. The number of ether oxygens (including phenoxy) is 1. The summed E-state index contributed by atoms with van der Waals surface area (Å²) >= 11 is 0. The lowest BCUT2D eigenvalue weighted by atomic mass is 10.1. The summed E-state index contributed by atoms with van der Waals surface area (Å²) in [7, 11) is 1.34. The first kappa shape index (κ1) is 17.0. The van der Waals surface area contributed by atoms with Crippen LogP contribution in [0.4, 0.5) is 11.4 Å². The third kappa shape index (κ3) is 4.38. The zero-order chi connectivity index (χ0) is 17.6. The van der Waals surface area contributed by atoms with E-state index in [4.69, 9.17) is 0 Å². The van der Waals surface area contributed by atoms with E-state index in [0.29, 0.717) is 17.7 Å². The van der Waals surface area contributed by atoms with Gasteiger partial charge in [-0.25, -0.2) is 4.79 Å². The van der Waals surface area contributed by atoms with E-state index in [-0.39, 0.29) is 5.91 Å². The summed E-state index contributed by atoms with van der Waals surface area (Å²) in [6, 6.07) is 14.8. The minimum absolute atomic E-state index is 0.0836. The van der Waals surface area contributed by atoms with Crippen molar-refractivity contribution in [1.29, 1.82) is 0 Å². The number of hydrogen-bond acceptors (Lipinski definition) is 4. The zero-order valence-electron chi connectivity index (χ0n) is 14.3. The normalized spacial score (nSPS) is 13.6. The molecule has 1 fully saturated rings. The number of amides is 1. The van der Waals surface area contributed by atoms with Gasteiger partial charge in [-0.3, -0.25) is 4.79 Å². The highest BCUT2D eigenvalue weighted by molar-refractivity contribution is 5.94. The molecule has 25 heavy (non-hydrogen) atoms. The number of carbonyl (C=O) groups is 2. The molecule has 5 nitrogen and oxygen atoms in total. The molecular formula is C20H22N2O3. The number of hydrogen-bond donors (Lipinski definition) is 1. The fourth-order valence-corrected chi connectivity index (χ4v) is 3.00. The van der Waals surface area contributed by atoms with Crippen molar-refractivity contribution in [2.24, 2.45) is 0 Å². The summed E-state index contributed by atoms with van der Waals surface area (Å²) in [6.07, 6.45) is 2.82. The molecule has 1 amide bonds. The molecule has 1 heterocycles. The van der Waals surface area contributed by atoms with Gasteiger partial charge in [0.1, 0.15) is 0 Å². The van der Waals surface area contributed by atoms with Crippen LogP contribution >= 0.6 is 0 Å². The number of methoxy groups -OCH3 is 1. The predicted molar refractivity (Wildman–Crippen MR) is 98.0 cm³/mol. The Kier molecular flexibility index (Phi) is 5.33. The van der Waals surface area contributed by atoms with Crippen molar-refractivity contribution in [2.75, 3.05) is 30.4 Å². The summed E-state index contributed by atoms with van der Waals surface area (Å²) in [5.41, 5.74) is 3.32. The lowest BCUT2D eigenvalue weighted by Crippen LogP contribution is -2.18. The summed E-state index contributed by atoms with van der Waals surface area (Å²) < 4.78 is 4.65. The van der Waals surface area contributed by atoms with Crippen LogP contribution in [0.15, 0.2) is 48.5 Å². The van der Waals surface area contributed by atoms with Crippen LogP contribution in [0, 0.1) is 0 Å². The average Bonchev–Trinajstić information content (AvgIpc) is 3.17. The van der Waals surface area contributed by atoms with Crippen LogP contribution in [0.5, 0.6) is 0 Å². The van der Waals surface area contributed by atoms with Crippen molar-refractivity contribution in [3.05, 3.63) is 59.7 Å². The van der Waals surface area contributed by atoms with Crippen LogP contribution in [-0.2, 0) is 16.0 Å². The van der Waals surface area contributed by atoms with E-state index < -0.39 is 5.97 Å². The first-order valence-corrected chi connectivity index (χ1v) is 8.48. The van der Waals surface area contributed by atoms with Gasteiger partial charge >= 0.3 is 5.97 Å². The van der Waals surface area contributed by atoms with E-state index in [1.165, 1.54) is 25.6 Å². The third-order valence-electron chi connectivity index (χ3n) is 4.36. The smallest absolute Gasteiger partial charge is 0.337 e. The van der Waals surface area contributed by atoms with Crippen molar-refractivity contribution in [3.8, 4) is 0 Å². The van der Waals surface area contributed by atoms with E-state index >= 15 is 0 Å². The third-order valence-corrected chi connectivity index (χ3v) is 4.36. The Labute approximate surface area is 147 Å². The molecule has 0 bridgehead atoms. The van der Waals surface area contributed by atoms with Gasteiger partial charge in [0.15, 0.2) is 0 Å². The van der Waals surface area contributed by atoms with Gasteiger partial charge in [0.2, 0.25) is 5.91 Å². The maximum atomic E-state index is 12.2. The summed E-state index contributed by atoms with van der Waals surface area (Å²) in [4.78, 5) is 26.0. The Morgan fingerprint density at radius 1 is 1.00 bits per heavy atom. The molecule has 0 aromatic heterocycles. The average molecular weight is 338 g/mol. The van der Waals surface area contributed by atoms with E-state index in [0.717, 1.165) is 18.7 Å². The fraction of sp³-hybridized carbons (Fsp3) is 0.300. The molecule has 0 radical (unpaired) electrons. The lowest BCUT2D eigenvalue weighted by molar-refractivity contribution is -0.115. The van der Waals surface area contributed by atoms with E-state index in [1.54, 1.807) is 24.3 Å². The van der Waals surface area contributed by atoms with Crippen LogP contribution in [-0.4, -0.2) is 32.1 Å². The minimum Gasteiger partial charge on any atom is -0.465 e. The molecule has 1 aliphatic heterocycles. The highest BCUT2D eigenvalue weighted by atomic mass is 16.5. The van der Waals surface area contributed by atoms with Crippen molar-refractivity contribution >= 4 is 23.3 Å². The van der Waals surface area contributed by atoms with Gasteiger partial charge in [-0.2, -0.15) is 0 Å². The van der Waals surface area contributed by atoms with Crippen molar-refractivity contribution in [1.82, 2.24) is 0 Å². The Hall–Kier alpha value is -2.82. The van der Waals surface area contributed by atoms with Gasteiger partial charge in [-0.15, -0.1) is 0 Å². The number of carbonyl (C=O) groups excluding carboxylic acids is 2. The molecular weight excluding hydrogens is 316 g/mol. The van der Waals surface area contributed by atoms with Crippen molar-refractivity contribution < 1.29 is 14.3 Å². The molecule has 5 heteroatoms. The SMILES string of the molecule is COC(=O)c1ccc(NC(=O)Cc2ccc(N3CCCC3)cc2)cc1. The monoisotopic (exact) mass is 338 g/mol. The van der Waals surface area contributed by atoms with Gasteiger partial charge in [0.05, 0.1) is 19.1 Å². The van der Waals surface area contributed by atoms with Gasteiger partial charge in [-0.05, 0) is 54.8 Å². The van der Waals surface area contributed by atoms with Gasteiger partial charge in [0.25, 0.3) is 0 Å². The number of rotatable bonds is 5. The van der Waals surface area contributed by atoms with E-state index in [2.05, 4.69) is 27.1 Å². The Balaban J connectivity index is 1.56. The van der Waals surface area contributed by atoms with Crippen molar-refractivity contribution in [3.63, 3.8) is 0 Å². The molecule has 0 unspecified atom stereocenters. The summed E-state index contributed by atoms with van der Waals surface area (Å²) in [6.45, 7) is 2.23. The first-order valence-electron chi connectivity index (χ1n) is 8.48. The maximum absolute atomic E-state index is 12.2. The van der Waals surface area contributed by atoms with Crippen LogP contribution < -0.4 is 10.2 Å². The van der Waals surface area contributed by atoms with Crippen molar-refractivity contribution in [2.45, 2.75) is 19.3 Å². The topological polar surface area (TPSA) is 58.6 Å². The second-order valence-electron chi connectivity index (χ2n) is 6.15. The van der Waals surface area contributed by atoms with Crippen LogP contribution in [0.2, 0.25) is 0 Å². The van der Waals surface area contributed by atoms with E-state index in [1.807, 2.05) is 12.1 Å². The van der Waals surface area contributed by atoms with Gasteiger partial charge in [-0.1, -0.05) is 12.1 Å². The van der Waals surface area contributed by atoms with Crippen LogP contribution in [0.3, 0.4) is 0 Å². The number of esters is 1.